The monoisotopic (exact) mass is 602 g/mol. The molecule has 36 heavy (non-hydrogen) atoms. The molecule has 0 bridgehead atoms. The van der Waals surface area contributed by atoms with Crippen molar-refractivity contribution in [2.45, 2.75) is 192 Å². The molecule has 6 heteroatoms. The van der Waals surface area contributed by atoms with Crippen LogP contribution in [0.2, 0.25) is 16.6 Å². The van der Waals surface area contributed by atoms with Gasteiger partial charge in [-0.2, -0.15) is 0 Å². The molecule has 212 valence electrons. The normalized spacial score (nSPS) is 23.2. The molecule has 3 rings (SSSR count). The molecule has 0 heterocycles. The van der Waals surface area contributed by atoms with Gasteiger partial charge in [0.2, 0.25) is 0 Å². The second-order valence-electron chi connectivity index (χ2n) is 15.1. The standard InChI is InChI=1S/C18H33OSi.3C4H9O.Zr/c19-20(16-10-4-1-5-11-16,17-12-6-2-7-13-17)18-14-8-3-9-15-18;3*1-4(2,3)5;/h16-18H,1-15H2;3*1-3H3;/q4*-1;+4. The maximum atomic E-state index is 8.05. The van der Waals surface area contributed by atoms with Crippen molar-refractivity contribution >= 4 is 8.32 Å². The molecule has 3 fully saturated rings. The molecule has 3 aliphatic carbocycles. The quantitative estimate of drug-likeness (QED) is 0.259. The zero-order valence-corrected chi connectivity index (χ0v) is 28.9. The fourth-order valence-corrected chi connectivity index (χ4v) is 28.0. The summed E-state index contributed by atoms with van der Waals surface area (Å²) in [6, 6.07) is 0. The van der Waals surface area contributed by atoms with Gasteiger partial charge in [0, 0.05) is 0 Å². The Morgan fingerprint density at radius 3 is 0.917 bits per heavy atom. The molecular formula is C30H60O4SiZr. The van der Waals surface area contributed by atoms with Crippen molar-refractivity contribution in [1.29, 1.82) is 0 Å². The molecule has 0 N–H and O–H groups in total. The molecule has 0 spiro atoms. The molecule has 0 saturated heterocycles. The van der Waals surface area contributed by atoms with E-state index < -0.39 is 30.3 Å². The van der Waals surface area contributed by atoms with Gasteiger partial charge in [-0.05, 0) is 0 Å². The first-order chi connectivity index (χ1) is 16.6. The number of hydrogen-bond acceptors (Lipinski definition) is 4. The van der Waals surface area contributed by atoms with Crippen molar-refractivity contribution in [3.8, 4) is 0 Å². The van der Waals surface area contributed by atoms with E-state index in [2.05, 4.69) is 62.3 Å². The maximum absolute atomic E-state index is 8.05. The van der Waals surface area contributed by atoms with Gasteiger partial charge in [0.1, 0.15) is 0 Å². The Kier molecular flexibility index (Phi) is 11.0. The minimum absolute atomic E-state index is 0.377. The Bertz CT molecular complexity index is 574. The molecule has 4 nitrogen and oxygen atoms in total. The first-order valence-electron chi connectivity index (χ1n) is 15.4. The van der Waals surface area contributed by atoms with Crippen LogP contribution in [-0.2, 0) is 33.0 Å². The average Bonchev–Trinajstić information content (AvgIpc) is 2.76. The Balaban J connectivity index is 2.19. The fourth-order valence-electron chi connectivity index (χ4n) is 7.38. The molecule has 0 amide bonds. The van der Waals surface area contributed by atoms with Crippen LogP contribution in [0, 0.1) is 0 Å². The van der Waals surface area contributed by atoms with Gasteiger partial charge >= 0.3 is 233 Å². The molecule has 0 radical (unpaired) electrons. The van der Waals surface area contributed by atoms with E-state index in [0.717, 1.165) is 16.6 Å². The zero-order valence-electron chi connectivity index (χ0n) is 25.5. The van der Waals surface area contributed by atoms with Crippen LogP contribution in [0.15, 0.2) is 0 Å². The van der Waals surface area contributed by atoms with Crippen LogP contribution in [0.5, 0.6) is 0 Å². The third kappa shape index (κ3) is 8.98. The van der Waals surface area contributed by atoms with Gasteiger partial charge in [0.15, 0.2) is 0 Å². The van der Waals surface area contributed by atoms with Crippen molar-refractivity contribution in [2.75, 3.05) is 0 Å². The molecule has 0 atom stereocenters. The molecule has 3 aliphatic rings. The van der Waals surface area contributed by atoms with E-state index in [9.17, 15) is 0 Å². The predicted molar refractivity (Wildman–Crippen MR) is 150 cm³/mol. The first kappa shape index (κ1) is 31.5. The minimum atomic E-state index is -4.57. The summed E-state index contributed by atoms with van der Waals surface area (Å²) in [7, 11) is -2.31. The molecule has 0 aromatic rings. The van der Waals surface area contributed by atoms with Gasteiger partial charge < -0.3 is 0 Å². The summed E-state index contributed by atoms with van der Waals surface area (Å²) in [5, 5.41) is 0. The number of hydrogen-bond donors (Lipinski definition) is 0. The van der Waals surface area contributed by atoms with Crippen molar-refractivity contribution in [1.82, 2.24) is 0 Å². The molecule has 0 aromatic carbocycles. The van der Waals surface area contributed by atoms with Crippen LogP contribution in [0.25, 0.3) is 0 Å². The Labute approximate surface area is 232 Å². The molecule has 0 aliphatic heterocycles. The molecule has 0 unspecified atom stereocenters. The average molecular weight is 604 g/mol. The van der Waals surface area contributed by atoms with E-state index >= 15 is 0 Å². The van der Waals surface area contributed by atoms with E-state index in [1.54, 1.807) is 0 Å². The zero-order chi connectivity index (χ0) is 26.7. The van der Waals surface area contributed by atoms with Gasteiger partial charge in [-0.1, -0.05) is 0 Å². The van der Waals surface area contributed by atoms with Crippen LogP contribution in [0.4, 0.5) is 0 Å². The Morgan fingerprint density at radius 2 is 0.694 bits per heavy atom. The second-order valence-corrected chi connectivity index (χ2v) is 24.9. The van der Waals surface area contributed by atoms with Gasteiger partial charge in [-0.3, -0.25) is 0 Å². The van der Waals surface area contributed by atoms with Crippen LogP contribution in [-0.4, -0.2) is 25.1 Å². The van der Waals surface area contributed by atoms with E-state index in [1.165, 1.54) is 96.3 Å². The summed E-state index contributed by atoms with van der Waals surface area (Å²) in [6.07, 6.45) is 20.5. The van der Waals surface area contributed by atoms with Crippen molar-refractivity contribution < 1.29 is 33.0 Å². The van der Waals surface area contributed by atoms with Crippen molar-refractivity contribution in [3.05, 3.63) is 0 Å². The SMILES string of the molecule is CC(C)(C)[O][Zr]([O]C(C)(C)C)([O]C(C)(C)C)[O][Si](C1CCCCC1)(C1CCCCC1)C1CCCCC1. The van der Waals surface area contributed by atoms with E-state index in [4.69, 9.17) is 10.9 Å². The molecular weight excluding hydrogens is 544 g/mol. The summed E-state index contributed by atoms with van der Waals surface area (Å²) in [5.74, 6) is 0. The van der Waals surface area contributed by atoms with E-state index in [-0.39, 0.29) is 16.8 Å². The van der Waals surface area contributed by atoms with Gasteiger partial charge in [-0.25, -0.2) is 0 Å². The topological polar surface area (TPSA) is 36.9 Å². The summed E-state index contributed by atoms with van der Waals surface area (Å²) in [6.45, 7) is 19.4. The van der Waals surface area contributed by atoms with Crippen molar-refractivity contribution in [3.63, 3.8) is 0 Å². The summed E-state index contributed by atoms with van der Waals surface area (Å²) in [5.41, 5.74) is 1.05. The van der Waals surface area contributed by atoms with Gasteiger partial charge in [0.05, 0.1) is 0 Å². The second kappa shape index (κ2) is 12.6. The van der Waals surface area contributed by atoms with Gasteiger partial charge in [0.25, 0.3) is 0 Å². The molecule has 0 aromatic heterocycles. The summed E-state index contributed by atoms with van der Waals surface area (Å²) in [4.78, 5) is 0. The van der Waals surface area contributed by atoms with Gasteiger partial charge in [-0.15, -0.1) is 0 Å². The number of rotatable bonds is 8. The third-order valence-electron chi connectivity index (χ3n) is 8.33. The van der Waals surface area contributed by atoms with E-state index in [0.29, 0.717) is 0 Å². The van der Waals surface area contributed by atoms with Crippen molar-refractivity contribution in [2.24, 2.45) is 0 Å². The van der Waals surface area contributed by atoms with Crippen LogP contribution in [0.1, 0.15) is 159 Å². The van der Waals surface area contributed by atoms with Crippen LogP contribution in [0.3, 0.4) is 0 Å². The Morgan fingerprint density at radius 1 is 0.444 bits per heavy atom. The van der Waals surface area contributed by atoms with E-state index in [1.807, 2.05) is 0 Å². The van der Waals surface area contributed by atoms with Crippen LogP contribution < -0.4 is 0 Å². The Hall–Kier alpha value is 0.940. The summed E-state index contributed by atoms with van der Waals surface area (Å²) < 4.78 is 29.3. The van der Waals surface area contributed by atoms with Crippen LogP contribution >= 0.6 is 0 Å². The predicted octanol–water partition coefficient (Wildman–Crippen LogP) is 10.2. The fraction of sp³-hybridized carbons (Fsp3) is 1.00. The summed E-state index contributed by atoms with van der Waals surface area (Å²) >= 11 is -4.57. The third-order valence-corrected chi connectivity index (χ3v) is 25.3. The molecule has 3 saturated carbocycles. The first-order valence-corrected chi connectivity index (χ1v) is 21.6.